The molecule has 0 radical (unpaired) electrons. The first-order valence-electron chi connectivity index (χ1n) is 16.7. The summed E-state index contributed by atoms with van der Waals surface area (Å²) < 4.78 is 5.96. The Bertz CT molecular complexity index is 2090. The van der Waals surface area contributed by atoms with Crippen molar-refractivity contribution in [3.8, 4) is 5.75 Å². The monoisotopic (exact) mass is 645 g/mol. The first kappa shape index (κ1) is 30.4. The summed E-state index contributed by atoms with van der Waals surface area (Å²) in [5, 5.41) is 4.20. The third kappa shape index (κ3) is 5.37. The molecule has 0 unspecified atom stereocenters. The van der Waals surface area contributed by atoms with Gasteiger partial charge >= 0.3 is 6.03 Å². The van der Waals surface area contributed by atoms with Crippen LogP contribution in [0, 0.1) is 0 Å². The number of carbonyl (C=O) groups excluding carboxylic acids is 3. The summed E-state index contributed by atoms with van der Waals surface area (Å²) in [4.78, 5) is 45.2. The van der Waals surface area contributed by atoms with E-state index in [1.807, 2.05) is 60.7 Å². The second-order valence-electron chi connectivity index (χ2n) is 12.7. The number of rotatable bonds is 7. The van der Waals surface area contributed by atoms with Crippen LogP contribution in [-0.2, 0) is 9.59 Å². The predicted molar refractivity (Wildman–Crippen MR) is 193 cm³/mol. The maximum absolute atomic E-state index is 14.5. The third-order valence-electron chi connectivity index (χ3n) is 9.94. The van der Waals surface area contributed by atoms with Crippen molar-refractivity contribution in [1.82, 2.24) is 5.32 Å². The lowest BCUT2D eigenvalue weighted by Gasteiger charge is -2.44. The van der Waals surface area contributed by atoms with Gasteiger partial charge in [0.15, 0.2) is 0 Å². The number of fused-ring (bicyclic) bond motifs is 1. The van der Waals surface area contributed by atoms with Gasteiger partial charge in [-0.05, 0) is 70.1 Å². The summed E-state index contributed by atoms with van der Waals surface area (Å²) in [5.74, 6) is -0.756. The number of nitrogens with zero attached hydrogens (tertiary/aromatic N) is 2. The lowest BCUT2D eigenvalue weighted by Crippen LogP contribution is -2.54. The standard InChI is InChI=1S/C42H35N3O4/c1-2-23-49-38-18-17-29-15-9-10-16-31(29)34(38)26-37-40(46)43-42(48)45(41(37)47)30-24-35-32(27-11-5-3-6-12-27)19-21-44-22-20-33(36(25-30)39(35)44)28-13-7-4-8-14-28/h2-18,24-26,32-33H,1,19-23H2,(H,43,46,48)/b37-26+/t32-,33-/m0/s1. The van der Waals surface area contributed by atoms with Crippen molar-refractivity contribution in [3.63, 3.8) is 0 Å². The lowest BCUT2D eigenvalue weighted by molar-refractivity contribution is -0.122. The average Bonchev–Trinajstić information content (AvgIpc) is 3.13. The molecule has 8 rings (SSSR count). The number of barbiturate groups is 1. The molecule has 7 heteroatoms. The molecular formula is C42H35N3O4. The molecule has 3 aliphatic heterocycles. The molecule has 4 amide bonds. The molecule has 0 aliphatic carbocycles. The number of carbonyl (C=O) groups is 3. The van der Waals surface area contributed by atoms with Crippen molar-refractivity contribution in [2.45, 2.75) is 24.7 Å². The zero-order valence-electron chi connectivity index (χ0n) is 27.0. The van der Waals surface area contributed by atoms with E-state index in [1.54, 1.807) is 12.2 Å². The average molecular weight is 646 g/mol. The van der Waals surface area contributed by atoms with Gasteiger partial charge < -0.3 is 9.64 Å². The van der Waals surface area contributed by atoms with Crippen molar-refractivity contribution in [2.75, 3.05) is 29.5 Å². The number of benzene rings is 5. The minimum Gasteiger partial charge on any atom is -0.489 e. The number of hydrogen-bond donors (Lipinski definition) is 1. The van der Waals surface area contributed by atoms with Gasteiger partial charge in [0, 0.05) is 36.2 Å². The Balaban J connectivity index is 1.29. The summed E-state index contributed by atoms with van der Waals surface area (Å²) in [7, 11) is 0. The van der Waals surface area contributed by atoms with Crippen molar-refractivity contribution >= 4 is 46.1 Å². The van der Waals surface area contributed by atoms with Gasteiger partial charge in [-0.3, -0.25) is 14.9 Å². The number of ether oxygens (including phenoxy) is 1. The first-order chi connectivity index (χ1) is 24.0. The fraction of sp³-hybridized carbons (Fsp3) is 0.167. The van der Waals surface area contributed by atoms with Crippen LogP contribution in [0.15, 0.2) is 127 Å². The Kier molecular flexibility index (Phi) is 7.80. The second-order valence-corrected chi connectivity index (χ2v) is 12.7. The molecule has 0 spiro atoms. The van der Waals surface area contributed by atoms with E-state index in [0.29, 0.717) is 17.0 Å². The second kappa shape index (κ2) is 12.6. The van der Waals surface area contributed by atoms with Gasteiger partial charge in [0.05, 0.1) is 5.69 Å². The van der Waals surface area contributed by atoms with Crippen LogP contribution in [0.5, 0.6) is 5.75 Å². The largest absolute Gasteiger partial charge is 0.489 e. The molecule has 7 nitrogen and oxygen atoms in total. The zero-order valence-corrected chi connectivity index (χ0v) is 27.0. The Hall–Kier alpha value is -5.95. The van der Waals surface area contributed by atoms with E-state index < -0.39 is 17.8 Å². The Morgan fingerprint density at radius 1 is 0.776 bits per heavy atom. The Labute approximate surface area is 285 Å². The molecule has 1 fully saturated rings. The quantitative estimate of drug-likeness (QED) is 0.110. The van der Waals surface area contributed by atoms with E-state index in [0.717, 1.165) is 52.7 Å². The van der Waals surface area contributed by atoms with Crippen molar-refractivity contribution < 1.29 is 19.1 Å². The lowest BCUT2D eigenvalue weighted by atomic mass is 9.76. The topological polar surface area (TPSA) is 79.0 Å². The van der Waals surface area contributed by atoms with Crippen LogP contribution < -0.4 is 19.9 Å². The van der Waals surface area contributed by atoms with Gasteiger partial charge in [-0.25, -0.2) is 9.69 Å². The predicted octanol–water partition coefficient (Wildman–Crippen LogP) is 7.95. The number of hydrogen-bond acceptors (Lipinski definition) is 5. The van der Waals surface area contributed by atoms with E-state index in [1.165, 1.54) is 16.8 Å². The first-order valence-corrected chi connectivity index (χ1v) is 16.7. The minimum atomic E-state index is -0.767. The number of anilines is 2. The van der Waals surface area contributed by atoms with Crippen LogP contribution in [0.4, 0.5) is 16.2 Å². The minimum absolute atomic E-state index is 0.0838. The summed E-state index contributed by atoms with van der Waals surface area (Å²) in [6.45, 7) is 5.85. The molecular weight excluding hydrogens is 610 g/mol. The van der Waals surface area contributed by atoms with Crippen molar-refractivity contribution in [3.05, 3.63) is 155 Å². The normalized spacial score (nSPS) is 19.5. The van der Waals surface area contributed by atoms with E-state index in [9.17, 15) is 14.4 Å². The molecule has 5 aromatic carbocycles. The highest BCUT2D eigenvalue weighted by Crippen LogP contribution is 2.50. The van der Waals surface area contributed by atoms with Crippen LogP contribution >= 0.6 is 0 Å². The zero-order chi connectivity index (χ0) is 33.5. The highest BCUT2D eigenvalue weighted by molar-refractivity contribution is 6.39. The fourth-order valence-electron chi connectivity index (χ4n) is 7.70. The maximum atomic E-state index is 14.5. The number of amides is 4. The molecule has 242 valence electrons. The molecule has 3 aliphatic rings. The number of imide groups is 2. The fourth-order valence-corrected chi connectivity index (χ4v) is 7.70. The SMILES string of the molecule is C=CCOc1ccc2ccccc2c1/C=C1\C(=O)NC(=O)N(c2cc3c4c(c2)[C@H](c2ccccc2)CCN4CC[C@H]3c2ccccc2)C1=O. The van der Waals surface area contributed by atoms with E-state index in [4.69, 9.17) is 4.74 Å². The highest BCUT2D eigenvalue weighted by atomic mass is 16.5. The number of nitrogens with one attached hydrogen (secondary N) is 1. The molecule has 1 saturated heterocycles. The van der Waals surface area contributed by atoms with Gasteiger partial charge in [-0.15, -0.1) is 0 Å². The molecule has 2 atom stereocenters. The Morgan fingerprint density at radius 3 is 2.02 bits per heavy atom. The van der Waals surface area contributed by atoms with Crippen LogP contribution in [0.1, 0.15) is 52.5 Å². The van der Waals surface area contributed by atoms with Gasteiger partial charge in [-0.2, -0.15) is 0 Å². The molecule has 5 aromatic rings. The van der Waals surface area contributed by atoms with Crippen molar-refractivity contribution in [1.29, 1.82) is 0 Å². The smallest absolute Gasteiger partial charge is 0.335 e. The van der Waals surface area contributed by atoms with Crippen LogP contribution in [0.2, 0.25) is 0 Å². The molecule has 49 heavy (non-hydrogen) atoms. The maximum Gasteiger partial charge on any atom is 0.335 e. The van der Waals surface area contributed by atoms with Gasteiger partial charge in [0.2, 0.25) is 0 Å². The molecule has 0 bridgehead atoms. The molecule has 0 saturated carbocycles. The number of urea groups is 1. The highest BCUT2D eigenvalue weighted by Gasteiger charge is 2.40. The van der Waals surface area contributed by atoms with Crippen molar-refractivity contribution in [2.24, 2.45) is 0 Å². The Morgan fingerprint density at radius 2 is 1.39 bits per heavy atom. The van der Waals surface area contributed by atoms with Gasteiger partial charge in [0.25, 0.3) is 11.8 Å². The molecule has 3 heterocycles. The summed E-state index contributed by atoms with van der Waals surface area (Å²) in [6, 6.07) is 35.5. The van der Waals surface area contributed by atoms with Gasteiger partial charge in [0.1, 0.15) is 17.9 Å². The van der Waals surface area contributed by atoms with E-state index in [2.05, 4.69) is 65.3 Å². The van der Waals surface area contributed by atoms with E-state index >= 15 is 0 Å². The van der Waals surface area contributed by atoms with Crippen LogP contribution in [-0.4, -0.2) is 37.5 Å². The summed E-state index contributed by atoms with van der Waals surface area (Å²) >= 11 is 0. The summed E-state index contributed by atoms with van der Waals surface area (Å²) in [6.07, 6.45) is 5.00. The molecule has 1 N–H and O–H groups in total. The third-order valence-corrected chi connectivity index (χ3v) is 9.94. The summed E-state index contributed by atoms with van der Waals surface area (Å²) in [5.41, 5.74) is 6.61. The van der Waals surface area contributed by atoms with E-state index in [-0.39, 0.29) is 24.0 Å². The van der Waals surface area contributed by atoms with Crippen LogP contribution in [0.25, 0.3) is 16.8 Å². The molecule has 0 aromatic heterocycles. The van der Waals surface area contributed by atoms with Crippen LogP contribution in [0.3, 0.4) is 0 Å². The van der Waals surface area contributed by atoms with Gasteiger partial charge in [-0.1, -0.05) is 104 Å².